The molecular formula is C15H17FN2O3. The van der Waals surface area contributed by atoms with E-state index in [1.165, 1.54) is 12.1 Å². The summed E-state index contributed by atoms with van der Waals surface area (Å²) < 4.78 is 18.7. The Hall–Kier alpha value is -2.21. The van der Waals surface area contributed by atoms with E-state index >= 15 is 0 Å². The number of hydrogen-bond acceptors (Lipinski definition) is 4. The van der Waals surface area contributed by atoms with Gasteiger partial charge in [0.05, 0.1) is 11.2 Å². The Kier molecular flexibility index (Phi) is 5.05. The van der Waals surface area contributed by atoms with Crippen molar-refractivity contribution >= 4 is 5.69 Å². The zero-order valence-corrected chi connectivity index (χ0v) is 11.7. The van der Waals surface area contributed by atoms with Crippen molar-refractivity contribution in [3.63, 3.8) is 0 Å². The molecular weight excluding hydrogens is 275 g/mol. The minimum absolute atomic E-state index is 0.230. The van der Waals surface area contributed by atoms with Gasteiger partial charge in [0, 0.05) is 25.1 Å². The Morgan fingerprint density at radius 1 is 1.43 bits per heavy atom. The summed E-state index contributed by atoms with van der Waals surface area (Å²) >= 11 is 0. The number of nitrogens with one attached hydrogen (secondary N) is 1. The summed E-state index contributed by atoms with van der Waals surface area (Å²) in [6, 6.07) is 7.97. The van der Waals surface area contributed by atoms with Gasteiger partial charge in [-0.1, -0.05) is 6.07 Å². The Balaban J connectivity index is 1.82. The van der Waals surface area contributed by atoms with E-state index in [-0.39, 0.29) is 6.04 Å². The third kappa shape index (κ3) is 4.39. The summed E-state index contributed by atoms with van der Waals surface area (Å²) in [5, 5.41) is 13.8. The minimum Gasteiger partial charge on any atom is -0.469 e. The lowest BCUT2D eigenvalue weighted by molar-refractivity contribution is -0.387. The standard InChI is InChI=1S/C15H17FN2O3/c1-11(4-6-13-3-2-8-21-13)17-10-12-5-7-15(18(19)20)14(16)9-12/h2-3,5,7-9,11,17H,4,6,10H2,1H3. The molecule has 0 saturated carbocycles. The molecule has 2 rings (SSSR count). The van der Waals surface area contributed by atoms with Gasteiger partial charge in [0.15, 0.2) is 0 Å². The third-order valence-electron chi connectivity index (χ3n) is 3.27. The van der Waals surface area contributed by atoms with Crippen molar-refractivity contribution < 1.29 is 13.7 Å². The fraction of sp³-hybridized carbons (Fsp3) is 0.333. The molecule has 0 aliphatic heterocycles. The van der Waals surface area contributed by atoms with Crippen molar-refractivity contribution in [3.8, 4) is 0 Å². The van der Waals surface area contributed by atoms with Crippen LogP contribution in [0.5, 0.6) is 0 Å². The highest BCUT2D eigenvalue weighted by atomic mass is 19.1. The van der Waals surface area contributed by atoms with E-state index in [2.05, 4.69) is 5.32 Å². The zero-order valence-electron chi connectivity index (χ0n) is 11.7. The average molecular weight is 292 g/mol. The molecule has 1 heterocycles. The number of nitro benzene ring substituents is 1. The van der Waals surface area contributed by atoms with Crippen LogP contribution in [0.1, 0.15) is 24.7 Å². The van der Waals surface area contributed by atoms with Crippen LogP contribution in [0.15, 0.2) is 41.0 Å². The monoisotopic (exact) mass is 292 g/mol. The van der Waals surface area contributed by atoms with Gasteiger partial charge in [0.25, 0.3) is 0 Å². The lowest BCUT2D eigenvalue weighted by atomic mass is 10.1. The first-order valence-corrected chi connectivity index (χ1v) is 6.75. The van der Waals surface area contributed by atoms with Crippen LogP contribution in [0.2, 0.25) is 0 Å². The van der Waals surface area contributed by atoms with Crippen LogP contribution in [-0.2, 0) is 13.0 Å². The van der Waals surface area contributed by atoms with E-state index < -0.39 is 16.4 Å². The van der Waals surface area contributed by atoms with Crippen LogP contribution in [0, 0.1) is 15.9 Å². The fourth-order valence-electron chi connectivity index (χ4n) is 2.02. The number of nitrogens with zero attached hydrogens (tertiary/aromatic N) is 1. The maximum atomic E-state index is 13.5. The lowest BCUT2D eigenvalue weighted by Gasteiger charge is -2.13. The number of nitro groups is 1. The van der Waals surface area contributed by atoms with Gasteiger partial charge in [-0.25, -0.2) is 0 Å². The second-order valence-electron chi connectivity index (χ2n) is 4.94. The summed E-state index contributed by atoms with van der Waals surface area (Å²) in [4.78, 5) is 9.81. The van der Waals surface area contributed by atoms with Crippen molar-refractivity contribution in [2.24, 2.45) is 0 Å². The van der Waals surface area contributed by atoms with Crippen molar-refractivity contribution in [1.82, 2.24) is 5.32 Å². The fourth-order valence-corrected chi connectivity index (χ4v) is 2.02. The molecule has 1 aromatic heterocycles. The molecule has 0 aliphatic rings. The Labute approximate surface area is 121 Å². The number of aryl methyl sites for hydroxylation is 1. The van der Waals surface area contributed by atoms with E-state index in [9.17, 15) is 14.5 Å². The molecule has 0 amide bonds. The van der Waals surface area contributed by atoms with Crippen LogP contribution in [0.25, 0.3) is 0 Å². The quantitative estimate of drug-likeness (QED) is 0.627. The third-order valence-corrected chi connectivity index (χ3v) is 3.27. The SMILES string of the molecule is CC(CCc1ccco1)NCc1ccc([N+](=O)[O-])c(F)c1. The van der Waals surface area contributed by atoms with Crippen LogP contribution in [-0.4, -0.2) is 11.0 Å². The molecule has 0 saturated heterocycles. The smallest absolute Gasteiger partial charge is 0.304 e. The summed E-state index contributed by atoms with van der Waals surface area (Å²) in [6.45, 7) is 2.50. The van der Waals surface area contributed by atoms with E-state index in [4.69, 9.17) is 4.42 Å². The van der Waals surface area contributed by atoms with Gasteiger partial charge in [0.1, 0.15) is 5.76 Å². The topological polar surface area (TPSA) is 68.3 Å². The largest absolute Gasteiger partial charge is 0.469 e. The van der Waals surface area contributed by atoms with E-state index in [0.717, 1.165) is 18.6 Å². The second kappa shape index (κ2) is 6.99. The van der Waals surface area contributed by atoms with Gasteiger partial charge >= 0.3 is 5.69 Å². The molecule has 0 radical (unpaired) electrons. The number of benzene rings is 1. The highest BCUT2D eigenvalue weighted by Gasteiger charge is 2.13. The molecule has 0 fully saturated rings. The first-order valence-electron chi connectivity index (χ1n) is 6.75. The van der Waals surface area contributed by atoms with E-state index in [0.29, 0.717) is 12.1 Å². The van der Waals surface area contributed by atoms with Gasteiger partial charge in [-0.3, -0.25) is 10.1 Å². The van der Waals surface area contributed by atoms with Crippen molar-refractivity contribution in [2.75, 3.05) is 0 Å². The highest BCUT2D eigenvalue weighted by molar-refractivity contribution is 5.34. The molecule has 21 heavy (non-hydrogen) atoms. The first-order chi connectivity index (χ1) is 10.1. The second-order valence-corrected chi connectivity index (χ2v) is 4.94. The number of furan rings is 1. The van der Waals surface area contributed by atoms with Crippen LogP contribution in [0.4, 0.5) is 10.1 Å². The van der Waals surface area contributed by atoms with Crippen LogP contribution < -0.4 is 5.32 Å². The number of rotatable bonds is 7. The Morgan fingerprint density at radius 3 is 2.86 bits per heavy atom. The Bertz CT molecular complexity index is 599. The lowest BCUT2D eigenvalue weighted by Crippen LogP contribution is -2.26. The maximum Gasteiger partial charge on any atom is 0.304 e. The number of halogens is 1. The predicted molar refractivity (Wildman–Crippen MR) is 76.4 cm³/mol. The van der Waals surface area contributed by atoms with E-state index in [1.807, 2.05) is 19.1 Å². The maximum absolute atomic E-state index is 13.5. The molecule has 112 valence electrons. The molecule has 0 bridgehead atoms. The summed E-state index contributed by atoms with van der Waals surface area (Å²) in [7, 11) is 0. The highest BCUT2D eigenvalue weighted by Crippen LogP contribution is 2.18. The molecule has 1 aromatic carbocycles. The Morgan fingerprint density at radius 2 is 2.24 bits per heavy atom. The molecule has 0 spiro atoms. The molecule has 1 N–H and O–H groups in total. The summed E-state index contributed by atoms with van der Waals surface area (Å²) in [5.74, 6) is 0.132. The molecule has 1 unspecified atom stereocenters. The van der Waals surface area contributed by atoms with Gasteiger partial charge in [-0.05, 0) is 37.1 Å². The average Bonchev–Trinajstić information content (AvgIpc) is 2.95. The first kappa shape index (κ1) is 15.2. The van der Waals surface area contributed by atoms with Crippen LogP contribution >= 0.6 is 0 Å². The summed E-state index contributed by atoms with van der Waals surface area (Å²) in [5.41, 5.74) is 0.188. The van der Waals surface area contributed by atoms with Crippen molar-refractivity contribution in [2.45, 2.75) is 32.4 Å². The molecule has 0 aliphatic carbocycles. The van der Waals surface area contributed by atoms with Gasteiger partial charge in [0.2, 0.25) is 5.82 Å². The van der Waals surface area contributed by atoms with Crippen molar-refractivity contribution in [1.29, 1.82) is 0 Å². The minimum atomic E-state index is -0.803. The van der Waals surface area contributed by atoms with Crippen LogP contribution in [0.3, 0.4) is 0 Å². The predicted octanol–water partition coefficient (Wildman–Crippen LogP) is 3.44. The molecule has 6 heteroatoms. The van der Waals surface area contributed by atoms with E-state index in [1.54, 1.807) is 12.3 Å². The van der Waals surface area contributed by atoms with Gasteiger partial charge in [-0.2, -0.15) is 4.39 Å². The summed E-state index contributed by atoms with van der Waals surface area (Å²) in [6.07, 6.45) is 3.37. The van der Waals surface area contributed by atoms with Crippen molar-refractivity contribution in [3.05, 3.63) is 63.9 Å². The number of hydrogen-bond donors (Lipinski definition) is 1. The molecule has 1 atom stereocenters. The zero-order chi connectivity index (χ0) is 15.2. The normalized spacial score (nSPS) is 12.3. The molecule has 5 nitrogen and oxygen atoms in total. The molecule has 2 aromatic rings. The van der Waals surface area contributed by atoms with Gasteiger partial charge in [-0.15, -0.1) is 0 Å². The van der Waals surface area contributed by atoms with Gasteiger partial charge < -0.3 is 9.73 Å².